The number of hydrogen-bond donors (Lipinski definition) is 0. The number of benzene rings is 8. The van der Waals surface area contributed by atoms with Crippen molar-refractivity contribution in [1.29, 1.82) is 0 Å². The summed E-state index contributed by atoms with van der Waals surface area (Å²) in [5.41, 5.74) is 4.49. The zero-order valence-electron chi connectivity index (χ0n) is 26.6. The van der Waals surface area contributed by atoms with Gasteiger partial charge in [0.1, 0.15) is 11.2 Å². The molecule has 4 nitrogen and oxygen atoms in total. The first-order valence-electron chi connectivity index (χ1n) is 16.7. The van der Waals surface area contributed by atoms with E-state index in [-0.39, 0.29) is 0 Å². The molecule has 0 saturated heterocycles. The second-order valence-corrected chi connectivity index (χ2v) is 13.8. The number of fused-ring (bicyclic) bond motifs is 11. The number of rotatable bonds is 3. The maximum absolute atomic E-state index is 6.30. The van der Waals surface area contributed by atoms with Crippen LogP contribution in [0.1, 0.15) is 0 Å². The first kappa shape index (κ1) is 27.5. The van der Waals surface area contributed by atoms with Crippen LogP contribution in [0.3, 0.4) is 0 Å². The van der Waals surface area contributed by atoms with Gasteiger partial charge in [0.15, 0.2) is 17.5 Å². The molecule has 0 aliphatic rings. The Morgan fingerprint density at radius 2 is 1.02 bits per heavy atom. The maximum atomic E-state index is 6.30. The van der Waals surface area contributed by atoms with Gasteiger partial charge in [0.05, 0.1) is 0 Å². The average Bonchev–Trinajstić information content (AvgIpc) is 3.75. The van der Waals surface area contributed by atoms with Crippen LogP contribution in [0.5, 0.6) is 0 Å². The minimum atomic E-state index is 0.612. The van der Waals surface area contributed by atoms with Gasteiger partial charge in [0, 0.05) is 47.6 Å². The van der Waals surface area contributed by atoms with Gasteiger partial charge in [-0.25, -0.2) is 15.0 Å². The number of hydrogen-bond acceptors (Lipinski definition) is 5. The van der Waals surface area contributed by atoms with E-state index in [1.165, 1.54) is 47.1 Å². The smallest absolute Gasteiger partial charge is 0.164 e. The Hall–Kier alpha value is -6.43. The molecule has 0 fully saturated rings. The lowest BCUT2D eigenvalue weighted by atomic mass is 9.93. The van der Waals surface area contributed by atoms with Gasteiger partial charge in [-0.2, -0.15) is 0 Å². The Morgan fingerprint density at radius 3 is 1.92 bits per heavy atom. The number of nitrogens with zero attached hydrogens (tertiary/aromatic N) is 3. The highest BCUT2D eigenvalue weighted by Crippen LogP contribution is 2.41. The fraction of sp³-hybridized carbons (Fsp3) is 0. The van der Waals surface area contributed by atoms with E-state index in [1.54, 1.807) is 11.3 Å². The van der Waals surface area contributed by atoms with Crippen molar-refractivity contribution in [2.45, 2.75) is 0 Å². The van der Waals surface area contributed by atoms with Crippen LogP contribution < -0.4 is 0 Å². The van der Waals surface area contributed by atoms with E-state index in [2.05, 4.69) is 121 Å². The van der Waals surface area contributed by atoms with Gasteiger partial charge >= 0.3 is 0 Å². The molecule has 0 saturated carbocycles. The molecule has 5 heteroatoms. The van der Waals surface area contributed by atoms with Crippen LogP contribution in [-0.2, 0) is 0 Å². The molecule has 0 unspecified atom stereocenters. The third-order valence-electron chi connectivity index (χ3n) is 9.92. The normalized spacial score (nSPS) is 12.0. The van der Waals surface area contributed by atoms with Gasteiger partial charge in [0.2, 0.25) is 0 Å². The first-order valence-corrected chi connectivity index (χ1v) is 17.5. The molecule has 0 bridgehead atoms. The van der Waals surface area contributed by atoms with E-state index in [4.69, 9.17) is 19.4 Å². The topological polar surface area (TPSA) is 51.8 Å². The summed E-state index contributed by atoms with van der Waals surface area (Å²) >= 11 is 1.80. The summed E-state index contributed by atoms with van der Waals surface area (Å²) in [4.78, 5) is 15.8. The lowest BCUT2D eigenvalue weighted by Gasteiger charge is -2.14. The third kappa shape index (κ3) is 4.08. The van der Waals surface area contributed by atoms with Gasteiger partial charge < -0.3 is 4.42 Å². The van der Waals surface area contributed by atoms with E-state index in [9.17, 15) is 0 Å². The van der Waals surface area contributed by atoms with Crippen LogP contribution in [0, 0.1) is 0 Å². The number of furan rings is 1. The van der Waals surface area contributed by atoms with Crippen molar-refractivity contribution in [3.05, 3.63) is 152 Å². The van der Waals surface area contributed by atoms with Crippen LogP contribution >= 0.6 is 11.3 Å². The zero-order valence-corrected chi connectivity index (χ0v) is 27.4. The van der Waals surface area contributed by atoms with Crippen molar-refractivity contribution in [2.75, 3.05) is 0 Å². The molecule has 11 rings (SSSR count). The Balaban J connectivity index is 1.23. The highest BCUT2D eigenvalue weighted by atomic mass is 32.1. The van der Waals surface area contributed by atoms with Gasteiger partial charge in [-0.3, -0.25) is 0 Å². The van der Waals surface area contributed by atoms with E-state index in [0.29, 0.717) is 17.5 Å². The number of para-hydroxylation sites is 1. The molecule has 8 aromatic carbocycles. The van der Waals surface area contributed by atoms with Crippen molar-refractivity contribution < 1.29 is 4.42 Å². The van der Waals surface area contributed by atoms with Gasteiger partial charge in [-0.15, -0.1) is 11.3 Å². The molecule has 3 heterocycles. The van der Waals surface area contributed by atoms with Crippen molar-refractivity contribution in [2.24, 2.45) is 0 Å². The summed E-state index contributed by atoms with van der Waals surface area (Å²) in [6, 6.07) is 53.3. The zero-order chi connectivity index (χ0) is 32.8. The fourth-order valence-corrected chi connectivity index (χ4v) is 8.76. The van der Waals surface area contributed by atoms with Crippen LogP contribution in [0.4, 0.5) is 0 Å². The monoisotopic (exact) mass is 655 g/mol. The van der Waals surface area contributed by atoms with E-state index < -0.39 is 0 Å². The molecule has 232 valence electrons. The van der Waals surface area contributed by atoms with Crippen molar-refractivity contribution in [1.82, 2.24) is 15.0 Å². The lowest BCUT2D eigenvalue weighted by Crippen LogP contribution is -2.01. The number of aromatic nitrogens is 3. The molecule has 0 aliphatic heterocycles. The van der Waals surface area contributed by atoms with Crippen LogP contribution in [0.2, 0.25) is 0 Å². The van der Waals surface area contributed by atoms with Crippen LogP contribution in [0.15, 0.2) is 156 Å². The van der Waals surface area contributed by atoms with E-state index in [1.807, 2.05) is 30.3 Å². The molecule has 0 spiro atoms. The molecule has 0 atom stereocenters. The molecular weight excluding hydrogens is 631 g/mol. The molecule has 0 amide bonds. The second kappa shape index (κ2) is 10.5. The molecule has 0 N–H and O–H groups in total. The predicted molar refractivity (Wildman–Crippen MR) is 209 cm³/mol. The Labute approximate surface area is 289 Å². The second-order valence-electron chi connectivity index (χ2n) is 12.7. The minimum absolute atomic E-state index is 0.612. The van der Waals surface area contributed by atoms with E-state index >= 15 is 0 Å². The van der Waals surface area contributed by atoms with Crippen molar-refractivity contribution >= 4 is 85.8 Å². The quantitative estimate of drug-likeness (QED) is 0.178. The summed E-state index contributed by atoms with van der Waals surface area (Å²) in [7, 11) is 0. The maximum Gasteiger partial charge on any atom is 0.164 e. The summed E-state index contributed by atoms with van der Waals surface area (Å²) < 4.78 is 8.77. The Bertz CT molecular complexity index is 3170. The Kier molecular flexibility index (Phi) is 5.80. The summed E-state index contributed by atoms with van der Waals surface area (Å²) in [5, 5.41) is 11.6. The molecule has 3 aromatic heterocycles. The standard InChI is InChI=1S/C45H25N3OS/c1-2-11-28-26(10-1)20-22-31-29-12-3-4-13-30(29)37(25-36(28)31)45-47-43(27-21-23-33-32-14-6-8-19-40(32)50-41(33)24-27)46-44(48-45)35-16-9-18-39-42(35)34-15-5-7-17-38(34)49-39/h1-25H. The minimum Gasteiger partial charge on any atom is -0.456 e. The molecule has 0 aliphatic carbocycles. The van der Waals surface area contributed by atoms with E-state index in [0.717, 1.165) is 44.0 Å². The van der Waals surface area contributed by atoms with Crippen molar-refractivity contribution in [3.63, 3.8) is 0 Å². The summed E-state index contributed by atoms with van der Waals surface area (Å²) in [6.07, 6.45) is 0. The fourth-order valence-electron chi connectivity index (χ4n) is 7.62. The highest BCUT2D eigenvalue weighted by Gasteiger charge is 2.20. The van der Waals surface area contributed by atoms with Gasteiger partial charge in [-0.1, -0.05) is 121 Å². The van der Waals surface area contributed by atoms with Crippen molar-refractivity contribution in [3.8, 4) is 34.2 Å². The largest absolute Gasteiger partial charge is 0.456 e. The van der Waals surface area contributed by atoms with Crippen LogP contribution in [-0.4, -0.2) is 15.0 Å². The molecule has 11 aromatic rings. The van der Waals surface area contributed by atoms with Gasteiger partial charge in [0.25, 0.3) is 0 Å². The van der Waals surface area contributed by atoms with Crippen LogP contribution in [0.25, 0.3) is 109 Å². The Morgan fingerprint density at radius 1 is 0.380 bits per heavy atom. The third-order valence-corrected chi connectivity index (χ3v) is 11.1. The average molecular weight is 656 g/mol. The van der Waals surface area contributed by atoms with Gasteiger partial charge in [-0.05, 0) is 62.6 Å². The first-order chi connectivity index (χ1) is 24.8. The lowest BCUT2D eigenvalue weighted by molar-refractivity contribution is 0.669. The summed E-state index contributed by atoms with van der Waals surface area (Å²) in [5.74, 6) is 1.88. The SMILES string of the molecule is c1ccc2c(c1)ccc1c3ccccc3c(-c3nc(-c4ccc5c(c4)sc4ccccc45)nc(-c4cccc5oc6ccccc6c45)n3)cc21. The number of thiophene rings is 1. The molecule has 50 heavy (non-hydrogen) atoms. The predicted octanol–water partition coefficient (Wildman–Crippen LogP) is 12.6. The highest BCUT2D eigenvalue weighted by molar-refractivity contribution is 7.25. The molecular formula is C45H25N3OS. The summed E-state index contributed by atoms with van der Waals surface area (Å²) in [6.45, 7) is 0. The molecule has 0 radical (unpaired) electrons.